The van der Waals surface area contributed by atoms with Crippen molar-refractivity contribution in [3.8, 4) is 0 Å². The minimum Gasteiger partial charge on any atom is -0.214 e. The third-order valence-corrected chi connectivity index (χ3v) is 3.23. The van der Waals surface area contributed by atoms with Gasteiger partial charge in [-0.1, -0.05) is 17.1 Å². The van der Waals surface area contributed by atoms with Gasteiger partial charge in [-0.25, -0.2) is 13.1 Å². The van der Waals surface area contributed by atoms with Gasteiger partial charge in [-0.05, 0) is 26.1 Å². The molecular formula is C8H10BNO2S. The lowest BCUT2D eigenvalue weighted by molar-refractivity contribution is 0.588. The Morgan fingerprint density at radius 3 is 2.46 bits per heavy atom. The fraction of sp³-hybridized carbons (Fsp3) is 0.250. The predicted molar refractivity (Wildman–Crippen MR) is 52.8 cm³/mol. The lowest BCUT2D eigenvalue weighted by Gasteiger charge is -2.05. The van der Waals surface area contributed by atoms with E-state index in [2.05, 4.69) is 4.72 Å². The zero-order valence-corrected chi connectivity index (χ0v) is 8.35. The Morgan fingerprint density at radius 1 is 1.38 bits per heavy atom. The molecule has 1 aromatic carbocycles. The number of aryl methyl sites for hydroxylation is 1. The highest BCUT2D eigenvalue weighted by Gasteiger charge is 2.10. The van der Waals surface area contributed by atoms with Crippen LogP contribution in [-0.4, -0.2) is 23.3 Å². The Morgan fingerprint density at radius 2 is 2.00 bits per heavy atom. The maximum Gasteiger partial charge on any atom is 0.240 e. The van der Waals surface area contributed by atoms with Crippen molar-refractivity contribution in [2.45, 2.75) is 11.8 Å². The third-order valence-electron chi connectivity index (χ3n) is 1.82. The molecule has 0 aliphatic rings. The van der Waals surface area contributed by atoms with Crippen LogP contribution in [0.25, 0.3) is 0 Å². The maximum atomic E-state index is 11.3. The second kappa shape index (κ2) is 3.51. The fourth-order valence-corrected chi connectivity index (χ4v) is 1.75. The van der Waals surface area contributed by atoms with Gasteiger partial charge in [0, 0.05) is 0 Å². The van der Waals surface area contributed by atoms with Crippen LogP contribution in [0.5, 0.6) is 0 Å². The number of benzene rings is 1. The molecule has 5 heteroatoms. The van der Waals surface area contributed by atoms with E-state index in [4.69, 9.17) is 7.85 Å². The van der Waals surface area contributed by atoms with Crippen molar-refractivity contribution < 1.29 is 8.42 Å². The van der Waals surface area contributed by atoms with Gasteiger partial charge in [0.25, 0.3) is 0 Å². The minimum absolute atomic E-state index is 0.238. The van der Waals surface area contributed by atoms with Crippen LogP contribution < -0.4 is 10.2 Å². The molecule has 2 radical (unpaired) electrons. The Labute approximate surface area is 79.6 Å². The Hall–Kier alpha value is -0.805. The van der Waals surface area contributed by atoms with Crippen molar-refractivity contribution in [1.82, 2.24) is 4.72 Å². The molecule has 0 aromatic heterocycles. The van der Waals surface area contributed by atoms with Crippen LogP contribution >= 0.6 is 0 Å². The van der Waals surface area contributed by atoms with Gasteiger partial charge in [-0.2, -0.15) is 0 Å². The molecule has 0 spiro atoms. The third kappa shape index (κ3) is 2.11. The Kier molecular flexibility index (Phi) is 2.78. The highest BCUT2D eigenvalue weighted by atomic mass is 32.2. The fourth-order valence-electron chi connectivity index (χ4n) is 0.933. The van der Waals surface area contributed by atoms with Crippen molar-refractivity contribution >= 4 is 23.3 Å². The summed E-state index contributed by atoms with van der Waals surface area (Å²) in [6, 6.07) is 4.61. The van der Waals surface area contributed by atoms with Gasteiger partial charge in [-0.3, -0.25) is 0 Å². The lowest BCUT2D eigenvalue weighted by Crippen LogP contribution is -2.20. The summed E-state index contributed by atoms with van der Waals surface area (Å²) >= 11 is 0. The molecule has 1 aromatic rings. The van der Waals surface area contributed by atoms with E-state index < -0.39 is 10.0 Å². The molecule has 0 aliphatic carbocycles. The van der Waals surface area contributed by atoms with Gasteiger partial charge in [0.2, 0.25) is 10.0 Å². The van der Waals surface area contributed by atoms with Crippen LogP contribution in [0.15, 0.2) is 23.1 Å². The highest BCUT2D eigenvalue weighted by Crippen LogP contribution is 2.07. The van der Waals surface area contributed by atoms with Crippen molar-refractivity contribution in [2.24, 2.45) is 0 Å². The average Bonchev–Trinajstić information content (AvgIpc) is 2.09. The Balaban J connectivity index is 3.27. The Bertz CT molecular complexity index is 414. The SMILES string of the molecule is [B]c1ccc(S(=O)(=O)NC)cc1C. The van der Waals surface area contributed by atoms with Gasteiger partial charge >= 0.3 is 0 Å². The highest BCUT2D eigenvalue weighted by molar-refractivity contribution is 7.89. The molecule has 68 valence electrons. The van der Waals surface area contributed by atoms with E-state index in [1.807, 2.05) is 0 Å². The minimum atomic E-state index is -3.34. The predicted octanol–water partition coefficient (Wildman–Crippen LogP) is -0.303. The van der Waals surface area contributed by atoms with Gasteiger partial charge in [-0.15, -0.1) is 0 Å². The molecular weight excluding hydrogens is 185 g/mol. The summed E-state index contributed by atoms with van der Waals surface area (Å²) in [6.45, 7) is 1.77. The molecule has 0 atom stereocenters. The molecule has 0 aliphatic heterocycles. The van der Waals surface area contributed by atoms with Crippen LogP contribution in [0.3, 0.4) is 0 Å². The van der Waals surface area contributed by atoms with E-state index in [-0.39, 0.29) is 4.90 Å². The summed E-state index contributed by atoms with van der Waals surface area (Å²) in [4.78, 5) is 0.238. The van der Waals surface area contributed by atoms with E-state index in [1.54, 1.807) is 19.1 Å². The molecule has 0 bridgehead atoms. The quantitative estimate of drug-likeness (QED) is 0.658. The zero-order valence-electron chi connectivity index (χ0n) is 7.53. The van der Waals surface area contributed by atoms with Crippen LogP contribution in [0.1, 0.15) is 5.56 Å². The van der Waals surface area contributed by atoms with E-state index >= 15 is 0 Å². The van der Waals surface area contributed by atoms with E-state index in [1.165, 1.54) is 13.1 Å². The molecule has 13 heavy (non-hydrogen) atoms. The van der Waals surface area contributed by atoms with Gasteiger partial charge in [0.05, 0.1) is 4.90 Å². The van der Waals surface area contributed by atoms with Crippen molar-refractivity contribution in [2.75, 3.05) is 7.05 Å². The lowest BCUT2D eigenvalue weighted by atomic mass is 9.92. The van der Waals surface area contributed by atoms with Crippen molar-refractivity contribution in [1.29, 1.82) is 0 Å². The average molecular weight is 195 g/mol. The first-order valence-electron chi connectivity index (χ1n) is 3.77. The first kappa shape index (κ1) is 10.3. The van der Waals surface area contributed by atoms with Gasteiger partial charge in [0.1, 0.15) is 7.85 Å². The largest absolute Gasteiger partial charge is 0.240 e. The molecule has 1 N–H and O–H groups in total. The second-order valence-corrected chi connectivity index (χ2v) is 4.61. The molecule has 0 unspecified atom stereocenters. The molecule has 0 amide bonds. The van der Waals surface area contributed by atoms with Gasteiger partial charge < -0.3 is 0 Å². The number of nitrogens with one attached hydrogen (secondary N) is 1. The van der Waals surface area contributed by atoms with Crippen molar-refractivity contribution in [3.05, 3.63) is 23.8 Å². The van der Waals surface area contributed by atoms with Crippen LogP contribution in [-0.2, 0) is 10.0 Å². The molecule has 0 heterocycles. The first-order chi connectivity index (χ1) is 5.97. The first-order valence-corrected chi connectivity index (χ1v) is 5.25. The molecule has 1 rings (SSSR count). The smallest absolute Gasteiger partial charge is 0.214 e. The number of rotatable bonds is 2. The summed E-state index contributed by atoms with van der Waals surface area (Å²) in [7, 11) is 3.59. The molecule has 0 saturated heterocycles. The maximum absolute atomic E-state index is 11.3. The van der Waals surface area contributed by atoms with E-state index in [9.17, 15) is 8.42 Å². The zero-order chi connectivity index (χ0) is 10.1. The monoisotopic (exact) mass is 195 g/mol. The van der Waals surface area contributed by atoms with Crippen molar-refractivity contribution in [3.63, 3.8) is 0 Å². The molecule has 0 saturated carbocycles. The van der Waals surface area contributed by atoms with E-state index in [0.717, 1.165) is 5.56 Å². The summed E-state index contributed by atoms with van der Waals surface area (Å²) in [6.07, 6.45) is 0. The van der Waals surface area contributed by atoms with Crippen LogP contribution in [0, 0.1) is 6.92 Å². The van der Waals surface area contributed by atoms with Crippen LogP contribution in [0.4, 0.5) is 0 Å². The van der Waals surface area contributed by atoms with Gasteiger partial charge in [0.15, 0.2) is 0 Å². The standard InChI is InChI=1S/C8H10BNO2S/c1-6-5-7(3-4-8(6)9)13(11,12)10-2/h3-5,10H,1-2H3. The topological polar surface area (TPSA) is 46.2 Å². The van der Waals surface area contributed by atoms with E-state index in [0.29, 0.717) is 5.46 Å². The second-order valence-electron chi connectivity index (χ2n) is 2.73. The normalized spacial score (nSPS) is 11.5. The number of sulfonamides is 1. The summed E-state index contributed by atoms with van der Waals surface area (Å²) in [5.74, 6) is 0. The molecule has 3 nitrogen and oxygen atoms in total. The number of hydrogen-bond acceptors (Lipinski definition) is 2. The molecule has 0 fully saturated rings. The summed E-state index contributed by atoms with van der Waals surface area (Å²) in [5, 5.41) is 0. The van der Waals surface area contributed by atoms with Crippen LogP contribution in [0.2, 0.25) is 0 Å². The summed E-state index contributed by atoms with van der Waals surface area (Å²) < 4.78 is 24.9. The number of hydrogen-bond donors (Lipinski definition) is 1. The summed E-state index contributed by atoms with van der Waals surface area (Å²) in [5.41, 5.74) is 1.35.